The van der Waals surface area contributed by atoms with E-state index in [9.17, 15) is 14.7 Å². The molecule has 0 saturated carbocycles. The van der Waals surface area contributed by atoms with Gasteiger partial charge < -0.3 is 15.4 Å². The molecule has 1 aromatic carbocycles. The van der Waals surface area contributed by atoms with E-state index < -0.39 is 0 Å². The van der Waals surface area contributed by atoms with Crippen LogP contribution in [-0.4, -0.2) is 34.4 Å². The van der Waals surface area contributed by atoms with Crippen LogP contribution in [0.15, 0.2) is 30.3 Å². The molecule has 1 amide bonds. The molecule has 0 fully saturated rings. The second-order valence-electron chi connectivity index (χ2n) is 5.72. The summed E-state index contributed by atoms with van der Waals surface area (Å²) in [5, 5.41) is 12.3. The molecule has 0 bridgehead atoms. The van der Waals surface area contributed by atoms with Gasteiger partial charge in [-0.15, -0.1) is 0 Å². The number of Topliss-reactive ketones (excluding diaryl/α,β-unsaturated/α-hetero) is 1. The number of amides is 1. The molecule has 23 heavy (non-hydrogen) atoms. The summed E-state index contributed by atoms with van der Waals surface area (Å²) in [7, 11) is 0. The summed E-state index contributed by atoms with van der Waals surface area (Å²) in [5.74, 6) is -0.383. The molecule has 0 aliphatic heterocycles. The van der Waals surface area contributed by atoms with E-state index in [1.54, 1.807) is 13.8 Å². The van der Waals surface area contributed by atoms with Crippen molar-refractivity contribution in [2.75, 3.05) is 6.61 Å². The molecule has 2 rings (SSSR count). The number of H-pyrrole nitrogens is 1. The third-order valence-corrected chi connectivity index (χ3v) is 3.90. The lowest BCUT2D eigenvalue weighted by molar-refractivity contribution is 0.0911. The average Bonchev–Trinajstić information content (AvgIpc) is 2.82. The van der Waals surface area contributed by atoms with Crippen molar-refractivity contribution < 1.29 is 14.7 Å². The first-order chi connectivity index (χ1) is 10.9. The van der Waals surface area contributed by atoms with E-state index in [1.165, 1.54) is 6.92 Å². The molecule has 0 saturated heterocycles. The van der Waals surface area contributed by atoms with Crippen LogP contribution < -0.4 is 5.32 Å². The summed E-state index contributed by atoms with van der Waals surface area (Å²) in [6, 6.07) is 9.28. The Morgan fingerprint density at radius 3 is 2.39 bits per heavy atom. The fourth-order valence-electron chi connectivity index (χ4n) is 2.82. The fraction of sp³-hybridized carbons (Fsp3) is 0.333. The Bertz CT molecular complexity index is 705. The first kappa shape index (κ1) is 17.0. The number of carbonyl (C=O) groups excluding carboxylic acids is 2. The lowest BCUT2D eigenvalue weighted by atomic mass is 10.0. The molecule has 0 spiro atoms. The van der Waals surface area contributed by atoms with Crippen molar-refractivity contribution in [1.82, 2.24) is 10.3 Å². The third-order valence-electron chi connectivity index (χ3n) is 3.90. The lowest BCUT2D eigenvalue weighted by Gasteiger charge is -2.16. The number of aromatic nitrogens is 1. The molecule has 2 aromatic rings. The Balaban J connectivity index is 2.14. The van der Waals surface area contributed by atoms with Crippen LogP contribution in [0.1, 0.15) is 44.6 Å². The minimum atomic E-state index is -0.381. The van der Waals surface area contributed by atoms with Crippen LogP contribution in [0.2, 0.25) is 0 Å². The van der Waals surface area contributed by atoms with Crippen molar-refractivity contribution in [3.05, 3.63) is 58.4 Å². The number of nitrogens with one attached hydrogen (secondary N) is 2. The molecule has 3 N–H and O–H groups in total. The molecule has 1 heterocycles. The number of rotatable bonds is 6. The summed E-state index contributed by atoms with van der Waals surface area (Å²) in [6.07, 6.45) is 0.543. The maximum Gasteiger partial charge on any atom is 0.268 e. The van der Waals surface area contributed by atoms with E-state index in [2.05, 4.69) is 10.3 Å². The number of hydrogen-bond donors (Lipinski definition) is 3. The van der Waals surface area contributed by atoms with E-state index in [0.717, 1.165) is 5.56 Å². The SMILES string of the molecule is CC(=O)c1c(C)[nH]c(C(=O)NC(CO)Cc2ccccc2)c1C. The maximum atomic E-state index is 12.4. The topological polar surface area (TPSA) is 82.2 Å². The zero-order chi connectivity index (χ0) is 17.0. The van der Waals surface area contributed by atoms with Gasteiger partial charge in [0.2, 0.25) is 0 Å². The standard InChI is InChI=1S/C18H22N2O3/c1-11-16(13(3)22)12(2)19-17(11)18(23)20-15(10-21)9-14-7-5-4-6-8-14/h4-8,15,19,21H,9-10H2,1-3H3,(H,20,23). The number of aliphatic hydroxyl groups is 1. The second-order valence-corrected chi connectivity index (χ2v) is 5.72. The molecule has 1 unspecified atom stereocenters. The molecule has 122 valence electrons. The van der Waals surface area contributed by atoms with Crippen LogP contribution in [0, 0.1) is 13.8 Å². The number of aliphatic hydroxyl groups excluding tert-OH is 1. The van der Waals surface area contributed by atoms with Gasteiger partial charge in [-0.3, -0.25) is 9.59 Å². The molecule has 1 aromatic heterocycles. The predicted octanol–water partition coefficient (Wildman–Crippen LogP) is 2.17. The van der Waals surface area contributed by atoms with Crippen molar-refractivity contribution in [3.8, 4) is 0 Å². The highest BCUT2D eigenvalue weighted by Gasteiger charge is 2.21. The predicted molar refractivity (Wildman–Crippen MR) is 88.8 cm³/mol. The number of benzene rings is 1. The van der Waals surface area contributed by atoms with Crippen LogP contribution in [0.3, 0.4) is 0 Å². The number of hydrogen-bond acceptors (Lipinski definition) is 3. The molecule has 0 aliphatic carbocycles. The van der Waals surface area contributed by atoms with Gasteiger partial charge in [-0.2, -0.15) is 0 Å². The van der Waals surface area contributed by atoms with Crippen molar-refractivity contribution >= 4 is 11.7 Å². The highest BCUT2D eigenvalue weighted by Crippen LogP contribution is 2.18. The van der Waals surface area contributed by atoms with E-state index in [-0.39, 0.29) is 24.3 Å². The Morgan fingerprint density at radius 1 is 1.22 bits per heavy atom. The minimum Gasteiger partial charge on any atom is -0.394 e. The number of aromatic amines is 1. The molecule has 5 heteroatoms. The van der Waals surface area contributed by atoms with Crippen LogP contribution in [0.4, 0.5) is 0 Å². The van der Waals surface area contributed by atoms with Gasteiger partial charge in [-0.1, -0.05) is 30.3 Å². The Hall–Kier alpha value is -2.40. The first-order valence-electron chi connectivity index (χ1n) is 7.59. The number of aryl methyl sites for hydroxylation is 1. The van der Waals surface area contributed by atoms with Gasteiger partial charge in [0.05, 0.1) is 12.6 Å². The van der Waals surface area contributed by atoms with E-state index in [4.69, 9.17) is 0 Å². The summed E-state index contributed by atoms with van der Waals surface area (Å²) in [6.45, 7) is 4.85. The maximum absolute atomic E-state index is 12.4. The quantitative estimate of drug-likeness (QED) is 0.715. The molecular weight excluding hydrogens is 292 g/mol. The normalized spacial score (nSPS) is 12.0. The van der Waals surface area contributed by atoms with Gasteiger partial charge in [0.1, 0.15) is 5.69 Å². The van der Waals surface area contributed by atoms with Crippen molar-refractivity contribution in [1.29, 1.82) is 0 Å². The second kappa shape index (κ2) is 7.24. The van der Waals surface area contributed by atoms with Gasteiger partial charge >= 0.3 is 0 Å². The third kappa shape index (κ3) is 3.87. The van der Waals surface area contributed by atoms with Gasteiger partial charge in [0.15, 0.2) is 5.78 Å². The first-order valence-corrected chi connectivity index (χ1v) is 7.59. The smallest absolute Gasteiger partial charge is 0.268 e. The highest BCUT2D eigenvalue weighted by molar-refractivity contribution is 6.02. The summed E-state index contributed by atoms with van der Waals surface area (Å²) in [4.78, 5) is 27.1. The van der Waals surface area contributed by atoms with Crippen LogP contribution in [0.5, 0.6) is 0 Å². The van der Waals surface area contributed by atoms with Gasteiger partial charge in [-0.25, -0.2) is 0 Å². The summed E-state index contributed by atoms with van der Waals surface area (Å²) in [5.41, 5.74) is 3.29. The summed E-state index contributed by atoms with van der Waals surface area (Å²) < 4.78 is 0. The Labute approximate surface area is 135 Å². The van der Waals surface area contributed by atoms with Crippen molar-refractivity contribution in [2.45, 2.75) is 33.2 Å². The Kier molecular flexibility index (Phi) is 5.34. The van der Waals surface area contributed by atoms with Gasteiger partial charge in [-0.05, 0) is 38.3 Å². The molecule has 0 aliphatic rings. The largest absolute Gasteiger partial charge is 0.394 e. The molecular formula is C18H22N2O3. The van der Waals surface area contributed by atoms with Gasteiger partial charge in [0.25, 0.3) is 5.91 Å². The van der Waals surface area contributed by atoms with E-state index >= 15 is 0 Å². The highest BCUT2D eigenvalue weighted by atomic mass is 16.3. The molecule has 1 atom stereocenters. The van der Waals surface area contributed by atoms with E-state index in [1.807, 2.05) is 30.3 Å². The van der Waals surface area contributed by atoms with Crippen molar-refractivity contribution in [3.63, 3.8) is 0 Å². The zero-order valence-corrected chi connectivity index (χ0v) is 13.6. The monoisotopic (exact) mass is 314 g/mol. The van der Waals surface area contributed by atoms with Crippen LogP contribution >= 0.6 is 0 Å². The fourth-order valence-corrected chi connectivity index (χ4v) is 2.82. The minimum absolute atomic E-state index is 0.0710. The van der Waals surface area contributed by atoms with Crippen molar-refractivity contribution in [2.24, 2.45) is 0 Å². The summed E-state index contributed by atoms with van der Waals surface area (Å²) >= 11 is 0. The van der Waals surface area contributed by atoms with Crippen LogP contribution in [-0.2, 0) is 6.42 Å². The zero-order valence-electron chi connectivity index (χ0n) is 13.6. The van der Waals surface area contributed by atoms with Crippen LogP contribution in [0.25, 0.3) is 0 Å². The van der Waals surface area contributed by atoms with E-state index in [0.29, 0.717) is 28.9 Å². The Morgan fingerprint density at radius 2 is 1.87 bits per heavy atom. The number of ketones is 1. The van der Waals surface area contributed by atoms with Gasteiger partial charge in [0, 0.05) is 11.3 Å². The molecule has 5 nitrogen and oxygen atoms in total. The lowest BCUT2D eigenvalue weighted by Crippen LogP contribution is -2.39. The molecule has 0 radical (unpaired) electrons. The number of carbonyl (C=O) groups is 2. The average molecular weight is 314 g/mol.